The van der Waals surface area contributed by atoms with E-state index in [0.29, 0.717) is 11.8 Å². The predicted molar refractivity (Wildman–Crippen MR) is 107 cm³/mol. The van der Waals surface area contributed by atoms with Crippen LogP contribution in [0.4, 0.5) is 0 Å². The van der Waals surface area contributed by atoms with Crippen LogP contribution in [0.25, 0.3) is 0 Å². The van der Waals surface area contributed by atoms with E-state index >= 15 is 0 Å². The van der Waals surface area contributed by atoms with Crippen LogP contribution in [0.1, 0.15) is 46.3 Å². The summed E-state index contributed by atoms with van der Waals surface area (Å²) in [5.41, 5.74) is 5.03. The van der Waals surface area contributed by atoms with Gasteiger partial charge in [0, 0.05) is 18.3 Å². The maximum Gasteiger partial charge on any atom is 0.122 e. The zero-order valence-corrected chi connectivity index (χ0v) is 15.0. The quantitative estimate of drug-likeness (QED) is 0.480. The lowest BCUT2D eigenvalue weighted by atomic mass is 9.74. The summed E-state index contributed by atoms with van der Waals surface area (Å²) in [5, 5.41) is 0. The van der Waals surface area contributed by atoms with Gasteiger partial charge in [-0.25, -0.2) is 4.98 Å². The summed E-state index contributed by atoms with van der Waals surface area (Å²) < 4.78 is 2.44. The molecule has 0 amide bonds. The van der Waals surface area contributed by atoms with Gasteiger partial charge in [-0.3, -0.25) is 0 Å². The summed E-state index contributed by atoms with van der Waals surface area (Å²) in [6, 6.07) is 30.8. The van der Waals surface area contributed by atoms with E-state index in [0.717, 1.165) is 0 Å². The SMILES string of the molecule is c1ccc(C2(c3ccccc3)c3ccccc3C3CC3c3nccn32)cc1. The second-order valence-corrected chi connectivity index (χ2v) is 7.63. The molecular weight excluding hydrogens is 328 g/mol. The molecule has 0 radical (unpaired) electrons. The molecule has 1 aliphatic heterocycles. The van der Waals surface area contributed by atoms with Gasteiger partial charge in [0.05, 0.1) is 0 Å². The van der Waals surface area contributed by atoms with E-state index in [9.17, 15) is 0 Å². The molecule has 27 heavy (non-hydrogen) atoms. The summed E-state index contributed by atoms with van der Waals surface area (Å²) in [4.78, 5) is 4.83. The van der Waals surface area contributed by atoms with Crippen LogP contribution in [-0.4, -0.2) is 9.55 Å². The third kappa shape index (κ3) is 1.93. The first-order valence-corrected chi connectivity index (χ1v) is 9.65. The van der Waals surface area contributed by atoms with Crippen LogP contribution in [0.3, 0.4) is 0 Å². The summed E-state index contributed by atoms with van der Waals surface area (Å²) in [7, 11) is 0. The minimum absolute atomic E-state index is 0.391. The molecule has 4 aromatic rings. The minimum atomic E-state index is -0.391. The Labute approximate surface area is 159 Å². The van der Waals surface area contributed by atoms with E-state index in [-0.39, 0.29) is 0 Å². The molecule has 1 aromatic heterocycles. The van der Waals surface area contributed by atoms with Crippen LogP contribution in [0.5, 0.6) is 0 Å². The molecule has 1 aliphatic carbocycles. The Hall–Kier alpha value is -3.13. The van der Waals surface area contributed by atoms with Gasteiger partial charge in [0.1, 0.15) is 11.4 Å². The Morgan fingerprint density at radius 2 is 1.37 bits per heavy atom. The van der Waals surface area contributed by atoms with E-state index in [1.807, 2.05) is 6.20 Å². The largest absolute Gasteiger partial charge is 0.316 e. The smallest absolute Gasteiger partial charge is 0.122 e. The van der Waals surface area contributed by atoms with Crippen LogP contribution >= 0.6 is 0 Å². The molecule has 2 aliphatic rings. The number of benzene rings is 3. The first-order valence-electron chi connectivity index (χ1n) is 9.65. The number of hydrogen-bond donors (Lipinski definition) is 0. The first kappa shape index (κ1) is 15.0. The molecule has 2 heterocycles. The lowest BCUT2D eigenvalue weighted by molar-refractivity contribution is 0.497. The number of rotatable bonds is 2. The lowest BCUT2D eigenvalue weighted by Crippen LogP contribution is -2.38. The monoisotopic (exact) mass is 348 g/mol. The Balaban J connectivity index is 1.81. The maximum atomic E-state index is 4.83. The van der Waals surface area contributed by atoms with Crippen molar-refractivity contribution in [3.05, 3.63) is 125 Å². The average molecular weight is 348 g/mol. The van der Waals surface area contributed by atoms with Gasteiger partial charge < -0.3 is 4.57 Å². The molecule has 0 N–H and O–H groups in total. The van der Waals surface area contributed by atoms with Crippen molar-refractivity contribution in [1.82, 2.24) is 9.55 Å². The van der Waals surface area contributed by atoms with Crippen molar-refractivity contribution < 1.29 is 0 Å². The van der Waals surface area contributed by atoms with Gasteiger partial charge >= 0.3 is 0 Å². The van der Waals surface area contributed by atoms with Gasteiger partial charge in [-0.05, 0) is 34.6 Å². The van der Waals surface area contributed by atoms with Crippen molar-refractivity contribution in [2.75, 3.05) is 0 Å². The normalized spacial score (nSPS) is 21.5. The molecule has 2 heteroatoms. The highest BCUT2D eigenvalue weighted by Crippen LogP contribution is 2.60. The van der Waals surface area contributed by atoms with E-state index in [2.05, 4.69) is 95.7 Å². The maximum absolute atomic E-state index is 4.83. The van der Waals surface area contributed by atoms with Crippen LogP contribution in [-0.2, 0) is 5.54 Å². The molecule has 0 saturated heterocycles. The van der Waals surface area contributed by atoms with E-state index < -0.39 is 5.54 Å². The summed E-state index contributed by atoms with van der Waals surface area (Å²) in [5.74, 6) is 2.32. The molecular formula is C25H20N2. The predicted octanol–water partition coefficient (Wildman–Crippen LogP) is 5.31. The number of imidazole rings is 1. The van der Waals surface area contributed by atoms with Gasteiger partial charge in [-0.2, -0.15) is 0 Å². The molecule has 3 aromatic carbocycles. The third-order valence-corrected chi connectivity index (χ3v) is 6.29. The van der Waals surface area contributed by atoms with Crippen LogP contribution in [0, 0.1) is 0 Å². The van der Waals surface area contributed by atoms with E-state index in [4.69, 9.17) is 4.98 Å². The van der Waals surface area contributed by atoms with Crippen LogP contribution < -0.4 is 0 Å². The molecule has 2 nitrogen and oxygen atoms in total. The van der Waals surface area contributed by atoms with Gasteiger partial charge in [0.25, 0.3) is 0 Å². The van der Waals surface area contributed by atoms with Crippen molar-refractivity contribution in [2.45, 2.75) is 23.8 Å². The van der Waals surface area contributed by atoms with E-state index in [1.54, 1.807) is 0 Å². The summed E-state index contributed by atoms with van der Waals surface area (Å²) in [6.45, 7) is 0. The molecule has 1 saturated carbocycles. The summed E-state index contributed by atoms with van der Waals surface area (Å²) >= 11 is 0. The minimum Gasteiger partial charge on any atom is -0.316 e. The Morgan fingerprint density at radius 1 is 0.741 bits per heavy atom. The molecule has 2 unspecified atom stereocenters. The highest BCUT2D eigenvalue weighted by atomic mass is 15.2. The van der Waals surface area contributed by atoms with Crippen molar-refractivity contribution in [1.29, 1.82) is 0 Å². The van der Waals surface area contributed by atoms with Crippen molar-refractivity contribution in [3.63, 3.8) is 0 Å². The van der Waals surface area contributed by atoms with Crippen LogP contribution in [0.2, 0.25) is 0 Å². The molecule has 0 bridgehead atoms. The highest BCUT2D eigenvalue weighted by Gasteiger charge is 2.52. The van der Waals surface area contributed by atoms with Crippen LogP contribution in [0.15, 0.2) is 97.3 Å². The van der Waals surface area contributed by atoms with Crippen molar-refractivity contribution >= 4 is 0 Å². The Bertz CT molecular complexity index is 1070. The number of fused-ring (bicyclic) bond motifs is 5. The van der Waals surface area contributed by atoms with E-state index in [1.165, 1.54) is 34.5 Å². The fraction of sp³-hybridized carbons (Fsp3) is 0.160. The number of aromatic nitrogens is 2. The number of nitrogens with zero attached hydrogens (tertiary/aromatic N) is 2. The molecule has 1 fully saturated rings. The highest BCUT2D eigenvalue weighted by molar-refractivity contribution is 5.57. The molecule has 0 spiro atoms. The Morgan fingerprint density at radius 3 is 2.07 bits per heavy atom. The fourth-order valence-corrected chi connectivity index (χ4v) is 5.09. The lowest BCUT2D eigenvalue weighted by Gasteiger charge is -2.39. The zero-order valence-electron chi connectivity index (χ0n) is 15.0. The van der Waals surface area contributed by atoms with Crippen molar-refractivity contribution in [3.8, 4) is 0 Å². The molecule has 130 valence electrons. The first-order chi connectivity index (χ1) is 13.4. The zero-order chi connectivity index (χ0) is 17.8. The molecule has 6 rings (SSSR count). The standard InChI is InChI=1S/C25H20N2/c1-3-9-18(10-4-1)25(19-11-5-2-6-12-19)23-14-8-7-13-20(23)21-17-22(21)24-26-15-16-27(24)25/h1-16,21-22H,17H2. The third-order valence-electron chi connectivity index (χ3n) is 6.29. The number of hydrogen-bond acceptors (Lipinski definition) is 1. The fourth-order valence-electron chi connectivity index (χ4n) is 5.09. The van der Waals surface area contributed by atoms with Gasteiger partial charge in [0.2, 0.25) is 0 Å². The summed E-state index contributed by atoms with van der Waals surface area (Å²) in [6.07, 6.45) is 5.35. The van der Waals surface area contributed by atoms with Gasteiger partial charge in [-0.1, -0.05) is 84.9 Å². The van der Waals surface area contributed by atoms with Crippen molar-refractivity contribution in [2.24, 2.45) is 0 Å². The van der Waals surface area contributed by atoms with Gasteiger partial charge in [0.15, 0.2) is 0 Å². The molecule has 2 atom stereocenters. The Kier molecular flexibility index (Phi) is 3.01. The second kappa shape index (κ2) is 5.43. The van der Waals surface area contributed by atoms with Gasteiger partial charge in [-0.15, -0.1) is 0 Å². The second-order valence-electron chi connectivity index (χ2n) is 7.63. The average Bonchev–Trinajstić information content (AvgIpc) is 3.41. The topological polar surface area (TPSA) is 17.8 Å².